The van der Waals surface area contributed by atoms with E-state index in [1.54, 1.807) is 15.6 Å². The van der Waals surface area contributed by atoms with E-state index >= 15 is 0 Å². The first kappa shape index (κ1) is 16.5. The Hall–Kier alpha value is -2.93. The summed E-state index contributed by atoms with van der Waals surface area (Å²) in [5.74, 6) is 0.535. The van der Waals surface area contributed by atoms with Crippen LogP contribution >= 0.6 is 0 Å². The number of carbonyl (C=O) groups is 1. The van der Waals surface area contributed by atoms with E-state index in [-0.39, 0.29) is 11.9 Å². The van der Waals surface area contributed by atoms with Crippen LogP contribution in [0, 0.1) is 6.92 Å². The summed E-state index contributed by atoms with van der Waals surface area (Å²) in [4.78, 5) is 12.9. The van der Waals surface area contributed by atoms with Crippen LogP contribution in [0.1, 0.15) is 33.2 Å². The molecule has 3 aromatic rings. The fraction of sp³-hybridized carbons (Fsp3) is 0.316. The van der Waals surface area contributed by atoms with Gasteiger partial charge >= 0.3 is 0 Å². The van der Waals surface area contributed by atoms with Crippen molar-refractivity contribution in [2.75, 3.05) is 13.1 Å². The molecule has 1 aromatic carbocycles. The first-order valence-electron chi connectivity index (χ1n) is 8.78. The minimum atomic E-state index is -0.133. The van der Waals surface area contributed by atoms with Gasteiger partial charge in [-0.3, -0.25) is 4.79 Å². The summed E-state index contributed by atoms with van der Waals surface area (Å²) in [6, 6.07) is 10.3. The summed E-state index contributed by atoms with van der Waals surface area (Å²) in [7, 11) is 1.82. The topological polar surface area (TPSA) is 76.8 Å². The number of rotatable bonds is 4. The number of nitrogens with one attached hydrogen (secondary N) is 2. The molecule has 0 spiro atoms. The Bertz CT molecular complexity index is 928. The SMILES string of the molecule is Cc1nn(C)c(-n2cccn2)c1C(=O)NCC1NCCc2ccccc21. The van der Waals surface area contributed by atoms with Crippen molar-refractivity contribution in [1.29, 1.82) is 0 Å². The third-order valence-electron chi connectivity index (χ3n) is 4.82. The van der Waals surface area contributed by atoms with Gasteiger partial charge in [-0.25, -0.2) is 9.36 Å². The molecular formula is C19H22N6O. The van der Waals surface area contributed by atoms with E-state index in [2.05, 4.69) is 39.0 Å². The van der Waals surface area contributed by atoms with E-state index in [1.807, 2.05) is 32.3 Å². The van der Waals surface area contributed by atoms with Crippen LogP contribution in [0.25, 0.3) is 5.82 Å². The highest BCUT2D eigenvalue weighted by Crippen LogP contribution is 2.22. The number of amides is 1. The third-order valence-corrected chi connectivity index (χ3v) is 4.82. The van der Waals surface area contributed by atoms with Gasteiger partial charge in [0.2, 0.25) is 0 Å². The van der Waals surface area contributed by atoms with Crippen molar-refractivity contribution in [3.8, 4) is 5.82 Å². The Balaban J connectivity index is 1.56. The van der Waals surface area contributed by atoms with Crippen LogP contribution in [0.4, 0.5) is 0 Å². The maximum Gasteiger partial charge on any atom is 0.257 e. The molecule has 7 heteroatoms. The van der Waals surface area contributed by atoms with E-state index in [0.29, 0.717) is 23.6 Å². The molecule has 0 saturated carbocycles. The lowest BCUT2D eigenvalue weighted by Gasteiger charge is -2.27. The highest BCUT2D eigenvalue weighted by molar-refractivity contribution is 5.98. The third kappa shape index (κ3) is 2.90. The fourth-order valence-corrected chi connectivity index (χ4v) is 3.63. The number of hydrogen-bond donors (Lipinski definition) is 2. The molecule has 3 heterocycles. The summed E-state index contributed by atoms with van der Waals surface area (Å²) >= 11 is 0. The van der Waals surface area contributed by atoms with E-state index in [1.165, 1.54) is 11.1 Å². The molecule has 0 radical (unpaired) electrons. The summed E-state index contributed by atoms with van der Waals surface area (Å²) < 4.78 is 3.36. The Labute approximate surface area is 152 Å². The van der Waals surface area contributed by atoms with Gasteiger partial charge in [-0.2, -0.15) is 10.2 Å². The normalized spacial score (nSPS) is 16.3. The van der Waals surface area contributed by atoms with Crippen molar-refractivity contribution < 1.29 is 4.79 Å². The number of benzene rings is 1. The lowest BCUT2D eigenvalue weighted by atomic mass is 9.94. The van der Waals surface area contributed by atoms with Gasteiger partial charge in [0, 0.05) is 32.0 Å². The van der Waals surface area contributed by atoms with Crippen molar-refractivity contribution in [2.24, 2.45) is 7.05 Å². The average Bonchev–Trinajstić information content (AvgIpc) is 3.26. The van der Waals surface area contributed by atoms with Gasteiger partial charge in [0.25, 0.3) is 5.91 Å². The van der Waals surface area contributed by atoms with Gasteiger partial charge in [-0.15, -0.1) is 0 Å². The molecule has 1 unspecified atom stereocenters. The Kier molecular flexibility index (Phi) is 4.30. The zero-order valence-electron chi connectivity index (χ0n) is 14.9. The summed E-state index contributed by atoms with van der Waals surface area (Å²) in [5, 5.41) is 15.2. The first-order chi connectivity index (χ1) is 12.6. The molecule has 0 bridgehead atoms. The molecule has 7 nitrogen and oxygen atoms in total. The van der Waals surface area contributed by atoms with Crippen molar-refractivity contribution in [3.05, 3.63) is 65.1 Å². The number of aryl methyl sites for hydroxylation is 2. The highest BCUT2D eigenvalue weighted by Gasteiger charge is 2.24. The fourth-order valence-electron chi connectivity index (χ4n) is 3.63. The van der Waals surface area contributed by atoms with Gasteiger partial charge < -0.3 is 10.6 Å². The lowest BCUT2D eigenvalue weighted by molar-refractivity contribution is 0.0948. The minimum absolute atomic E-state index is 0.119. The van der Waals surface area contributed by atoms with Crippen molar-refractivity contribution in [1.82, 2.24) is 30.2 Å². The van der Waals surface area contributed by atoms with Crippen LogP contribution in [0.2, 0.25) is 0 Å². The molecule has 1 atom stereocenters. The van der Waals surface area contributed by atoms with Gasteiger partial charge in [0.05, 0.1) is 5.69 Å². The van der Waals surface area contributed by atoms with E-state index in [9.17, 15) is 4.79 Å². The van der Waals surface area contributed by atoms with Crippen LogP contribution in [-0.2, 0) is 13.5 Å². The highest BCUT2D eigenvalue weighted by atomic mass is 16.1. The zero-order chi connectivity index (χ0) is 18.1. The van der Waals surface area contributed by atoms with Crippen LogP contribution in [0.3, 0.4) is 0 Å². The van der Waals surface area contributed by atoms with Gasteiger partial charge in [0.1, 0.15) is 5.56 Å². The molecule has 0 fully saturated rings. The largest absolute Gasteiger partial charge is 0.350 e. The predicted molar refractivity (Wildman–Crippen MR) is 98.3 cm³/mol. The molecule has 0 aliphatic carbocycles. The molecule has 26 heavy (non-hydrogen) atoms. The molecular weight excluding hydrogens is 328 g/mol. The van der Waals surface area contributed by atoms with Gasteiger partial charge in [-0.05, 0) is 37.1 Å². The molecule has 1 amide bonds. The summed E-state index contributed by atoms with van der Waals surface area (Å²) in [5.41, 5.74) is 3.85. The van der Waals surface area contributed by atoms with E-state index in [0.717, 1.165) is 13.0 Å². The average molecular weight is 350 g/mol. The van der Waals surface area contributed by atoms with Crippen molar-refractivity contribution >= 4 is 5.91 Å². The van der Waals surface area contributed by atoms with Gasteiger partial charge in [-0.1, -0.05) is 24.3 Å². The molecule has 134 valence electrons. The molecule has 2 N–H and O–H groups in total. The van der Waals surface area contributed by atoms with E-state index in [4.69, 9.17) is 0 Å². The molecule has 4 rings (SSSR count). The standard InChI is InChI=1S/C19H22N6O/c1-13-17(19(24(2)23-13)25-11-5-9-22-25)18(26)21-12-16-15-7-4-3-6-14(15)8-10-20-16/h3-7,9,11,16,20H,8,10,12H2,1-2H3,(H,21,26). The Morgan fingerprint density at radius 3 is 3.00 bits per heavy atom. The number of carbonyl (C=O) groups excluding carboxylic acids is 1. The summed E-state index contributed by atoms with van der Waals surface area (Å²) in [6.45, 7) is 3.29. The second-order valence-electron chi connectivity index (χ2n) is 6.52. The number of nitrogens with zero attached hydrogens (tertiary/aromatic N) is 4. The minimum Gasteiger partial charge on any atom is -0.350 e. The number of hydrogen-bond acceptors (Lipinski definition) is 4. The smallest absolute Gasteiger partial charge is 0.257 e. The molecule has 2 aromatic heterocycles. The second-order valence-corrected chi connectivity index (χ2v) is 6.52. The maximum atomic E-state index is 12.9. The molecule has 1 aliphatic heterocycles. The first-order valence-corrected chi connectivity index (χ1v) is 8.78. The number of aromatic nitrogens is 4. The zero-order valence-corrected chi connectivity index (χ0v) is 14.9. The van der Waals surface area contributed by atoms with E-state index < -0.39 is 0 Å². The van der Waals surface area contributed by atoms with Gasteiger partial charge in [0.15, 0.2) is 5.82 Å². The van der Waals surface area contributed by atoms with Crippen LogP contribution in [0.5, 0.6) is 0 Å². The number of fused-ring (bicyclic) bond motifs is 1. The molecule has 0 saturated heterocycles. The maximum absolute atomic E-state index is 12.9. The Morgan fingerprint density at radius 1 is 1.35 bits per heavy atom. The summed E-state index contributed by atoms with van der Waals surface area (Å²) in [6.07, 6.45) is 4.52. The van der Waals surface area contributed by atoms with Crippen LogP contribution in [0.15, 0.2) is 42.7 Å². The predicted octanol–water partition coefficient (Wildman–Crippen LogP) is 1.53. The van der Waals surface area contributed by atoms with Crippen LogP contribution < -0.4 is 10.6 Å². The van der Waals surface area contributed by atoms with Crippen LogP contribution in [-0.4, -0.2) is 38.6 Å². The van der Waals surface area contributed by atoms with Crippen molar-refractivity contribution in [2.45, 2.75) is 19.4 Å². The monoisotopic (exact) mass is 350 g/mol. The second kappa shape index (κ2) is 6.76. The molecule has 1 aliphatic rings. The quantitative estimate of drug-likeness (QED) is 0.748. The lowest BCUT2D eigenvalue weighted by Crippen LogP contribution is -2.39. The Morgan fingerprint density at radius 2 is 2.19 bits per heavy atom. The van der Waals surface area contributed by atoms with Crippen molar-refractivity contribution in [3.63, 3.8) is 0 Å².